The van der Waals surface area contributed by atoms with Gasteiger partial charge in [0.1, 0.15) is 11.7 Å². The van der Waals surface area contributed by atoms with Crippen molar-refractivity contribution in [3.8, 4) is 11.3 Å². The Hall–Kier alpha value is -2.87. The van der Waals surface area contributed by atoms with E-state index >= 15 is 0 Å². The lowest BCUT2D eigenvalue weighted by atomic mass is 9.99. The van der Waals surface area contributed by atoms with Gasteiger partial charge in [-0.05, 0) is 70.0 Å². The number of aromatic nitrogens is 2. The molecule has 1 N–H and O–H groups in total. The summed E-state index contributed by atoms with van der Waals surface area (Å²) in [5, 5.41) is 19.2. The summed E-state index contributed by atoms with van der Waals surface area (Å²) < 4.78 is 13.3. The molecule has 0 aliphatic carbocycles. The van der Waals surface area contributed by atoms with Crippen molar-refractivity contribution >= 4 is 17.9 Å². The summed E-state index contributed by atoms with van der Waals surface area (Å²) in [6, 6.07) is 6.39. The molecule has 1 fully saturated rings. The quantitative estimate of drug-likeness (QED) is 0.797. The molecule has 0 radical (unpaired) electrons. The molecule has 1 aromatic carbocycles. The average Bonchev–Trinajstić information content (AvgIpc) is 2.76. The van der Waals surface area contributed by atoms with Gasteiger partial charge >= 0.3 is 0 Å². The van der Waals surface area contributed by atoms with E-state index in [1.54, 1.807) is 32.2 Å². The summed E-state index contributed by atoms with van der Waals surface area (Å²) in [6.07, 6.45) is 1.80. The molecular weight excluding hydrogens is 407 g/mol. The molecule has 0 saturated carbocycles. The van der Waals surface area contributed by atoms with Crippen LogP contribution in [0.4, 0.5) is 10.2 Å². The number of nitrogens with zero attached hydrogens (tertiary/aromatic N) is 6. The third kappa shape index (κ3) is 4.37. The van der Waals surface area contributed by atoms with E-state index < -0.39 is 5.60 Å². The molecule has 2 aliphatic rings. The van der Waals surface area contributed by atoms with Crippen LogP contribution >= 0.6 is 0 Å². The third-order valence-corrected chi connectivity index (χ3v) is 6.45. The zero-order chi connectivity index (χ0) is 23.0. The van der Waals surface area contributed by atoms with Crippen molar-refractivity contribution in [1.29, 1.82) is 0 Å². The number of rotatable bonds is 3. The lowest BCUT2D eigenvalue weighted by Gasteiger charge is -2.42. The summed E-state index contributed by atoms with van der Waals surface area (Å²) >= 11 is 0. The summed E-state index contributed by atoms with van der Waals surface area (Å²) in [4.78, 5) is 13.8. The van der Waals surface area contributed by atoms with E-state index in [0.717, 1.165) is 53.7 Å². The Kier molecular flexibility index (Phi) is 5.99. The number of anilines is 1. The van der Waals surface area contributed by atoms with E-state index in [9.17, 15) is 9.50 Å². The van der Waals surface area contributed by atoms with Crippen LogP contribution in [0.15, 0.2) is 34.3 Å². The van der Waals surface area contributed by atoms with Gasteiger partial charge < -0.3 is 14.9 Å². The summed E-state index contributed by atoms with van der Waals surface area (Å²) in [5.41, 5.74) is 2.92. The van der Waals surface area contributed by atoms with E-state index in [0.29, 0.717) is 6.54 Å². The third-order valence-electron chi connectivity index (χ3n) is 6.45. The fourth-order valence-corrected chi connectivity index (χ4v) is 4.26. The highest BCUT2D eigenvalue weighted by Crippen LogP contribution is 2.29. The van der Waals surface area contributed by atoms with Crippen LogP contribution in [0.3, 0.4) is 0 Å². The fourth-order valence-electron chi connectivity index (χ4n) is 4.26. The van der Waals surface area contributed by atoms with Gasteiger partial charge in [0.05, 0.1) is 30.1 Å². The highest BCUT2D eigenvalue weighted by Gasteiger charge is 2.32. The first-order chi connectivity index (χ1) is 15.1. The molecule has 0 amide bonds. The number of piperazine rings is 1. The Balaban J connectivity index is 1.48. The van der Waals surface area contributed by atoms with Crippen molar-refractivity contribution in [3.05, 3.63) is 41.2 Å². The van der Waals surface area contributed by atoms with Gasteiger partial charge in [0.15, 0.2) is 5.82 Å². The molecule has 2 aromatic rings. The average molecular weight is 439 g/mol. The Morgan fingerprint density at radius 3 is 2.38 bits per heavy atom. The molecule has 32 heavy (non-hydrogen) atoms. The first-order valence-electron chi connectivity index (χ1n) is 11.1. The van der Waals surface area contributed by atoms with Gasteiger partial charge in [-0.25, -0.2) is 4.39 Å². The van der Waals surface area contributed by atoms with Crippen LogP contribution in [0.1, 0.15) is 31.9 Å². The predicted molar refractivity (Wildman–Crippen MR) is 126 cm³/mol. The lowest BCUT2D eigenvalue weighted by molar-refractivity contribution is 0.0556. The predicted octanol–water partition coefficient (Wildman–Crippen LogP) is 3.03. The molecule has 170 valence electrons. The first-order valence-corrected chi connectivity index (χ1v) is 11.1. The van der Waals surface area contributed by atoms with Crippen LogP contribution < -0.4 is 4.90 Å². The molecule has 1 saturated heterocycles. The van der Waals surface area contributed by atoms with E-state index in [1.165, 1.54) is 12.1 Å². The molecule has 2 atom stereocenters. The fraction of sp³-hybridized carbons (Fsp3) is 0.500. The van der Waals surface area contributed by atoms with Crippen LogP contribution in [-0.4, -0.2) is 76.1 Å². The van der Waals surface area contributed by atoms with E-state index in [4.69, 9.17) is 4.99 Å². The second kappa shape index (κ2) is 8.58. The van der Waals surface area contributed by atoms with Crippen LogP contribution in [0.2, 0.25) is 0 Å². The van der Waals surface area contributed by atoms with Gasteiger partial charge in [-0.3, -0.25) is 9.98 Å². The van der Waals surface area contributed by atoms with Crippen LogP contribution in [0.25, 0.3) is 11.3 Å². The first kappa shape index (κ1) is 22.3. The van der Waals surface area contributed by atoms with Gasteiger partial charge in [0.25, 0.3) is 0 Å². The molecule has 2 aliphatic heterocycles. The highest BCUT2D eigenvalue weighted by molar-refractivity contribution is 6.29. The molecule has 8 heteroatoms. The normalized spacial score (nSPS) is 21.7. The summed E-state index contributed by atoms with van der Waals surface area (Å²) in [5.74, 6) is 1.51. The second-order valence-electron chi connectivity index (χ2n) is 9.26. The van der Waals surface area contributed by atoms with Gasteiger partial charge in [0.2, 0.25) is 0 Å². The summed E-state index contributed by atoms with van der Waals surface area (Å²) in [7, 11) is 0. The molecule has 7 nitrogen and oxygen atoms in total. The maximum Gasteiger partial charge on any atom is 0.154 e. The van der Waals surface area contributed by atoms with E-state index in [1.807, 2.05) is 6.92 Å². The van der Waals surface area contributed by atoms with E-state index in [-0.39, 0.29) is 17.9 Å². The SMILES string of the molecule is Cc1c(-c2ccc(F)cc2)nnc(N2CCN(C3=NCC(C(C)(C)O)N=C3)C(C)C2)c1C. The Morgan fingerprint density at radius 2 is 1.78 bits per heavy atom. The van der Waals surface area contributed by atoms with Gasteiger partial charge in [0, 0.05) is 31.2 Å². The number of amidine groups is 1. The maximum atomic E-state index is 13.3. The van der Waals surface area contributed by atoms with Crippen molar-refractivity contribution in [2.45, 2.75) is 52.3 Å². The number of aliphatic hydroxyl groups is 1. The minimum absolute atomic E-state index is 0.205. The smallest absolute Gasteiger partial charge is 0.154 e. The van der Waals surface area contributed by atoms with Gasteiger partial charge in [-0.1, -0.05) is 0 Å². The molecule has 4 rings (SSSR count). The Morgan fingerprint density at radius 1 is 1.06 bits per heavy atom. The largest absolute Gasteiger partial charge is 0.388 e. The molecule has 1 aromatic heterocycles. The van der Waals surface area contributed by atoms with Crippen molar-refractivity contribution < 1.29 is 9.50 Å². The van der Waals surface area contributed by atoms with Crippen LogP contribution in [-0.2, 0) is 0 Å². The van der Waals surface area contributed by atoms with Crippen molar-refractivity contribution in [3.63, 3.8) is 0 Å². The Bertz CT molecular complexity index is 1040. The minimum atomic E-state index is -0.871. The van der Waals surface area contributed by atoms with E-state index in [2.05, 4.69) is 38.8 Å². The molecule has 0 spiro atoms. The highest BCUT2D eigenvalue weighted by atomic mass is 19.1. The molecule has 0 bridgehead atoms. The number of hydrogen-bond donors (Lipinski definition) is 1. The molecular formula is C24H31FN6O. The van der Waals surface area contributed by atoms with Crippen molar-refractivity contribution in [2.24, 2.45) is 9.98 Å². The minimum Gasteiger partial charge on any atom is -0.388 e. The zero-order valence-electron chi connectivity index (χ0n) is 19.4. The number of halogens is 1. The number of aliphatic imine (C=N–C) groups is 2. The standard InChI is InChI=1S/C24H31FN6O/c1-15-14-30(10-11-31(15)21-13-26-20(12-27-21)24(4,5)32)23-17(3)16(2)22(28-29-23)18-6-8-19(25)9-7-18/h6-9,13,15,20,32H,10-12,14H2,1-5H3. The molecule has 2 unspecified atom stereocenters. The number of hydrogen-bond acceptors (Lipinski definition) is 7. The number of benzene rings is 1. The summed E-state index contributed by atoms with van der Waals surface area (Å²) in [6.45, 7) is 12.7. The van der Waals surface area contributed by atoms with Gasteiger partial charge in [-0.2, -0.15) is 0 Å². The molecule has 3 heterocycles. The zero-order valence-corrected chi connectivity index (χ0v) is 19.4. The second-order valence-corrected chi connectivity index (χ2v) is 9.26. The Labute approximate surface area is 188 Å². The maximum absolute atomic E-state index is 13.3. The van der Waals surface area contributed by atoms with Crippen LogP contribution in [0.5, 0.6) is 0 Å². The lowest BCUT2D eigenvalue weighted by Crippen LogP contribution is -2.55. The van der Waals surface area contributed by atoms with Crippen molar-refractivity contribution in [1.82, 2.24) is 15.1 Å². The van der Waals surface area contributed by atoms with Gasteiger partial charge in [-0.15, -0.1) is 10.2 Å². The topological polar surface area (TPSA) is 77.2 Å². The monoisotopic (exact) mass is 438 g/mol. The van der Waals surface area contributed by atoms with Crippen molar-refractivity contribution in [2.75, 3.05) is 31.1 Å². The van der Waals surface area contributed by atoms with Crippen LogP contribution in [0, 0.1) is 19.7 Å².